The van der Waals surface area contributed by atoms with Crippen molar-refractivity contribution >= 4 is 0 Å². The van der Waals surface area contributed by atoms with Crippen molar-refractivity contribution in [3.63, 3.8) is 0 Å². The van der Waals surface area contributed by atoms with Crippen molar-refractivity contribution < 1.29 is 79.6 Å². The number of aliphatic hydroxyl groups excluding tert-OH is 6. The van der Waals surface area contributed by atoms with E-state index in [2.05, 4.69) is 0 Å². The third-order valence-electron chi connectivity index (χ3n) is 1.34. The van der Waals surface area contributed by atoms with Crippen LogP contribution in [0.5, 0.6) is 0 Å². The molecule has 0 amide bonds. The zero-order valence-corrected chi connectivity index (χ0v) is 21.7. The Bertz CT molecular complexity index is 74.7. The van der Waals surface area contributed by atoms with Gasteiger partial charge >= 0.3 is 43.4 Å². The summed E-state index contributed by atoms with van der Waals surface area (Å²) in [6.45, 7) is 13.5. The third-order valence-corrected chi connectivity index (χ3v) is 1.34. The molecule has 0 fully saturated rings. The molecule has 7 nitrogen and oxygen atoms in total. The summed E-state index contributed by atoms with van der Waals surface area (Å²) < 4.78 is 0. The van der Waals surface area contributed by atoms with E-state index in [-0.39, 0.29) is 48.9 Å². The van der Waals surface area contributed by atoms with Crippen molar-refractivity contribution in [3.8, 4) is 0 Å². The number of hydrogen-bond donors (Lipinski definition) is 6. The molecule has 168 valence electrons. The summed E-state index contributed by atoms with van der Waals surface area (Å²) in [5.41, 5.74) is 0. The average molecular weight is 472 g/mol. The van der Waals surface area contributed by atoms with Crippen molar-refractivity contribution in [1.82, 2.24) is 0 Å². The molecule has 0 heterocycles. The van der Waals surface area contributed by atoms with Gasteiger partial charge in [0.15, 0.2) is 0 Å². The quantitative estimate of drug-likeness (QED) is 0.327. The maximum Gasteiger partial charge on any atom is 2.00 e. The third kappa shape index (κ3) is 336. The first-order valence-corrected chi connectivity index (χ1v) is 9.14. The Morgan fingerprint density at radius 1 is 0.333 bits per heavy atom. The van der Waals surface area contributed by atoms with Crippen LogP contribution in [0.1, 0.15) is 80.1 Å². The van der Waals surface area contributed by atoms with E-state index in [0.29, 0.717) is 39.6 Å². The smallest absolute Gasteiger partial charge is 2.00 e. The molecule has 0 aliphatic rings. The molecule has 9 heteroatoms. The zero-order chi connectivity index (χ0) is 20.5. The molecule has 0 aromatic rings. The van der Waals surface area contributed by atoms with Crippen molar-refractivity contribution in [1.29, 1.82) is 0 Å². The van der Waals surface area contributed by atoms with Gasteiger partial charge in [0.1, 0.15) is 0 Å². The van der Waals surface area contributed by atoms with E-state index in [0.717, 1.165) is 38.5 Å². The van der Waals surface area contributed by atoms with Gasteiger partial charge in [-0.1, -0.05) is 41.5 Å². The van der Waals surface area contributed by atoms with Gasteiger partial charge in [0.05, 0.1) is 0 Å². The fourth-order valence-electron chi connectivity index (χ4n) is 0. The first-order chi connectivity index (χ1) is 11.5. The minimum atomic E-state index is 0. The molecule has 0 bridgehead atoms. The maximum absolute atomic E-state index is 7.88. The van der Waals surface area contributed by atoms with Crippen LogP contribution in [-0.4, -0.2) is 70.3 Å². The minimum Gasteiger partial charge on any atom is -2.00 e. The molecular weight excluding hydrogens is 424 g/mol. The molecular formula is C18H48O7Ti2+2. The summed E-state index contributed by atoms with van der Waals surface area (Å²) in [7, 11) is 0. The number of hydrogen-bond acceptors (Lipinski definition) is 6. The second-order valence-electron chi connectivity index (χ2n) is 4.34. The fraction of sp³-hybridized carbons (Fsp3) is 1.00. The van der Waals surface area contributed by atoms with E-state index >= 15 is 0 Å². The number of rotatable bonds is 6. The van der Waals surface area contributed by atoms with Crippen LogP contribution >= 0.6 is 0 Å². The van der Waals surface area contributed by atoms with Crippen molar-refractivity contribution in [2.45, 2.75) is 80.1 Å². The van der Waals surface area contributed by atoms with Gasteiger partial charge in [0.25, 0.3) is 0 Å². The first-order valence-electron chi connectivity index (χ1n) is 9.14. The van der Waals surface area contributed by atoms with E-state index in [1.807, 2.05) is 41.5 Å². The topological polar surface area (TPSA) is 150 Å². The van der Waals surface area contributed by atoms with Crippen LogP contribution in [0.4, 0.5) is 0 Å². The van der Waals surface area contributed by atoms with Crippen molar-refractivity contribution in [2.75, 3.05) is 39.6 Å². The predicted molar refractivity (Wildman–Crippen MR) is 105 cm³/mol. The Morgan fingerprint density at radius 3 is 0.370 bits per heavy atom. The summed E-state index contributed by atoms with van der Waals surface area (Å²) in [6.07, 6.45) is 5.25. The van der Waals surface area contributed by atoms with Gasteiger partial charge in [0, 0.05) is 39.6 Å². The minimum absolute atomic E-state index is 0. The average Bonchev–Trinajstić information content (AvgIpc) is 2.68. The molecule has 6 N–H and O–H groups in total. The van der Waals surface area contributed by atoms with E-state index in [4.69, 9.17) is 30.6 Å². The molecule has 27 heavy (non-hydrogen) atoms. The SMILES string of the molecule is CCCO.CCCO.CCCO.CCCO.CCCO.CCCO.[O-2].[Ti+2].[Ti+2]. The van der Waals surface area contributed by atoms with Crippen LogP contribution < -0.4 is 0 Å². The van der Waals surface area contributed by atoms with Crippen LogP contribution in [0.15, 0.2) is 0 Å². The largest absolute Gasteiger partial charge is 2.00 e. The van der Waals surface area contributed by atoms with Crippen LogP contribution in [-0.2, 0) is 48.9 Å². The van der Waals surface area contributed by atoms with Crippen molar-refractivity contribution in [2.24, 2.45) is 0 Å². The second-order valence-corrected chi connectivity index (χ2v) is 4.34. The first kappa shape index (κ1) is 56.6. The van der Waals surface area contributed by atoms with Crippen LogP contribution in [0, 0.1) is 0 Å². The Balaban J connectivity index is -0.0000000201. The van der Waals surface area contributed by atoms with Gasteiger partial charge in [-0.15, -0.1) is 0 Å². The van der Waals surface area contributed by atoms with Crippen LogP contribution in [0.2, 0.25) is 0 Å². The standard InChI is InChI=1S/6C3H8O.O.2Ti/c6*1-2-3-4;;;/h6*4H,2-3H2,1H3;;;/q;;;;;;-2;2*+2. The normalized spacial score (nSPS) is 6.67. The molecule has 0 aromatic heterocycles. The molecule has 0 spiro atoms. The molecule has 0 unspecified atom stereocenters. The van der Waals surface area contributed by atoms with E-state index in [9.17, 15) is 0 Å². The Morgan fingerprint density at radius 2 is 0.370 bits per heavy atom. The molecule has 0 radical (unpaired) electrons. The molecule has 0 rings (SSSR count). The summed E-state index contributed by atoms with van der Waals surface area (Å²) >= 11 is 0. The Kier molecular flexibility index (Phi) is 225. The molecule has 0 atom stereocenters. The number of aliphatic hydroxyl groups is 6. The van der Waals surface area contributed by atoms with Crippen molar-refractivity contribution in [3.05, 3.63) is 0 Å². The predicted octanol–water partition coefficient (Wildman–Crippen LogP) is 2.21. The molecule has 0 aliphatic carbocycles. The summed E-state index contributed by atoms with van der Waals surface area (Å²) in [5.74, 6) is 0. The molecule has 0 aliphatic heterocycles. The van der Waals surface area contributed by atoms with Gasteiger partial charge in [-0.25, -0.2) is 0 Å². The maximum atomic E-state index is 7.88. The molecule has 0 aromatic carbocycles. The summed E-state index contributed by atoms with van der Waals surface area (Å²) in [6, 6.07) is 0. The van der Waals surface area contributed by atoms with Gasteiger partial charge in [-0.05, 0) is 38.5 Å². The Hall–Kier alpha value is 1.15. The van der Waals surface area contributed by atoms with Crippen LogP contribution in [0.3, 0.4) is 0 Å². The Labute approximate surface area is 198 Å². The fourth-order valence-corrected chi connectivity index (χ4v) is 0. The van der Waals surface area contributed by atoms with E-state index < -0.39 is 0 Å². The summed E-state index contributed by atoms with van der Waals surface area (Å²) in [4.78, 5) is 0. The van der Waals surface area contributed by atoms with Gasteiger partial charge in [-0.2, -0.15) is 0 Å². The van der Waals surface area contributed by atoms with Gasteiger partial charge in [0.2, 0.25) is 0 Å². The molecule has 0 saturated heterocycles. The van der Waals surface area contributed by atoms with E-state index in [1.54, 1.807) is 0 Å². The van der Waals surface area contributed by atoms with Crippen LogP contribution in [0.25, 0.3) is 0 Å². The van der Waals surface area contributed by atoms with E-state index in [1.165, 1.54) is 0 Å². The monoisotopic (exact) mass is 472 g/mol. The molecule has 0 saturated carbocycles. The van der Waals surface area contributed by atoms with Gasteiger partial charge in [-0.3, -0.25) is 0 Å². The summed E-state index contributed by atoms with van der Waals surface area (Å²) in [5, 5.41) is 47.2. The zero-order valence-electron chi connectivity index (χ0n) is 18.6. The van der Waals surface area contributed by atoms with Gasteiger partial charge < -0.3 is 36.1 Å². The second kappa shape index (κ2) is 107.